The predicted octanol–water partition coefficient (Wildman–Crippen LogP) is 5.35. The zero-order chi connectivity index (χ0) is 21.6. The van der Waals surface area contributed by atoms with E-state index in [0.717, 1.165) is 12.1 Å². The van der Waals surface area contributed by atoms with E-state index in [2.05, 4.69) is 20.4 Å². The van der Waals surface area contributed by atoms with Crippen molar-refractivity contribution in [1.82, 2.24) is 19.6 Å². The molecular weight excluding hydrogens is 386 g/mol. The van der Waals surface area contributed by atoms with Gasteiger partial charge in [-0.25, -0.2) is 9.37 Å². The molecule has 29 heavy (non-hydrogen) atoms. The molecule has 0 bridgehead atoms. The Labute approximate surface area is 166 Å². The molecule has 0 fully saturated rings. The van der Waals surface area contributed by atoms with E-state index in [9.17, 15) is 17.6 Å². The Morgan fingerprint density at radius 2 is 1.79 bits per heavy atom. The van der Waals surface area contributed by atoms with Crippen LogP contribution in [0.1, 0.15) is 56.4 Å². The van der Waals surface area contributed by atoms with Gasteiger partial charge in [0.2, 0.25) is 0 Å². The van der Waals surface area contributed by atoms with Crippen molar-refractivity contribution in [2.24, 2.45) is 5.41 Å². The highest BCUT2D eigenvalue weighted by Crippen LogP contribution is 2.38. The topological polar surface area (TPSA) is 55.1 Å². The fraction of sp³-hybridized carbons (Fsp3) is 0.450. The minimum absolute atomic E-state index is 0.404. The summed E-state index contributed by atoms with van der Waals surface area (Å²) >= 11 is 0. The van der Waals surface area contributed by atoms with Crippen LogP contribution in [-0.4, -0.2) is 19.6 Å². The number of nitrogens with one attached hydrogen (secondary N) is 1. The van der Waals surface area contributed by atoms with Crippen LogP contribution in [-0.2, 0) is 12.6 Å². The third kappa shape index (κ3) is 4.33. The first-order valence-electron chi connectivity index (χ1n) is 9.26. The van der Waals surface area contributed by atoms with Gasteiger partial charge in [-0.2, -0.15) is 22.7 Å². The van der Waals surface area contributed by atoms with Crippen LogP contribution >= 0.6 is 0 Å². The highest BCUT2D eigenvalue weighted by Gasteiger charge is 2.35. The summed E-state index contributed by atoms with van der Waals surface area (Å²) in [5, 5.41) is 7.74. The summed E-state index contributed by atoms with van der Waals surface area (Å²) in [5.41, 5.74) is -0.605. The second-order valence-corrected chi connectivity index (χ2v) is 8.06. The Kier molecular flexibility index (Phi) is 5.27. The van der Waals surface area contributed by atoms with E-state index < -0.39 is 29.0 Å². The number of hydrogen-bond donors (Lipinski definition) is 1. The largest absolute Gasteiger partial charge is 0.419 e. The molecule has 3 aromatic rings. The van der Waals surface area contributed by atoms with Crippen LogP contribution in [0.15, 0.2) is 24.3 Å². The van der Waals surface area contributed by atoms with Crippen molar-refractivity contribution in [2.45, 2.75) is 53.3 Å². The third-order valence-corrected chi connectivity index (χ3v) is 4.59. The molecule has 1 aromatic carbocycles. The molecule has 2 aromatic heterocycles. The first-order chi connectivity index (χ1) is 13.4. The van der Waals surface area contributed by atoms with Crippen molar-refractivity contribution in [1.29, 1.82) is 0 Å². The summed E-state index contributed by atoms with van der Waals surface area (Å²) in [7, 11) is 0. The summed E-state index contributed by atoms with van der Waals surface area (Å²) in [6, 6.07) is 4.32. The second kappa shape index (κ2) is 7.27. The van der Waals surface area contributed by atoms with Gasteiger partial charge in [0.1, 0.15) is 11.6 Å². The van der Waals surface area contributed by atoms with Crippen LogP contribution in [0.25, 0.3) is 5.78 Å². The quantitative estimate of drug-likeness (QED) is 0.590. The zero-order valence-electron chi connectivity index (χ0n) is 16.9. The predicted molar refractivity (Wildman–Crippen MR) is 102 cm³/mol. The molecule has 0 aliphatic rings. The number of aryl methyl sites for hydroxylation is 2. The van der Waals surface area contributed by atoms with Crippen molar-refractivity contribution in [3.05, 3.63) is 52.7 Å². The Hall–Kier alpha value is -2.71. The molecule has 0 radical (unpaired) electrons. The van der Waals surface area contributed by atoms with E-state index in [1.165, 1.54) is 6.07 Å². The molecule has 3 rings (SSSR count). The van der Waals surface area contributed by atoms with Gasteiger partial charge in [0, 0.05) is 18.2 Å². The molecule has 0 aliphatic heterocycles. The van der Waals surface area contributed by atoms with E-state index in [0.29, 0.717) is 35.1 Å². The lowest BCUT2D eigenvalue weighted by atomic mass is 9.82. The fourth-order valence-corrected chi connectivity index (χ4v) is 3.17. The van der Waals surface area contributed by atoms with Gasteiger partial charge in [-0.05, 0) is 30.0 Å². The average Bonchev–Trinajstić information content (AvgIpc) is 3.00. The standard InChI is InChI=1S/C20H23F4N5/c1-6-15-26-18-25-11(2)9-16(29(18)28-15)27-17(19(3,4)5)12-7-8-13(14(21)10-12)20(22,23)24/h7-10,17,27H,6H2,1-5H3/t17-/m0/s1. The van der Waals surface area contributed by atoms with Crippen molar-refractivity contribution >= 4 is 11.6 Å². The Bertz CT molecular complexity index is 1030. The second-order valence-electron chi connectivity index (χ2n) is 8.06. The molecule has 1 atom stereocenters. The molecule has 0 saturated carbocycles. The van der Waals surface area contributed by atoms with Gasteiger partial charge in [0.05, 0.1) is 11.6 Å². The van der Waals surface area contributed by atoms with Crippen LogP contribution in [0.4, 0.5) is 23.4 Å². The Morgan fingerprint density at radius 1 is 1.10 bits per heavy atom. The molecule has 0 amide bonds. The molecule has 0 aliphatic carbocycles. The molecule has 156 valence electrons. The van der Waals surface area contributed by atoms with Crippen LogP contribution in [0.5, 0.6) is 0 Å². The summed E-state index contributed by atoms with van der Waals surface area (Å²) in [6.07, 6.45) is -4.10. The number of halogens is 4. The zero-order valence-corrected chi connectivity index (χ0v) is 16.9. The van der Waals surface area contributed by atoms with Gasteiger partial charge >= 0.3 is 6.18 Å². The molecule has 5 nitrogen and oxygen atoms in total. The van der Waals surface area contributed by atoms with Crippen molar-refractivity contribution < 1.29 is 17.6 Å². The maximum Gasteiger partial charge on any atom is 0.419 e. The minimum Gasteiger partial charge on any atom is -0.363 e. The lowest BCUT2D eigenvalue weighted by Gasteiger charge is -2.33. The summed E-state index contributed by atoms with van der Waals surface area (Å²) in [6.45, 7) is 9.51. The number of fused-ring (bicyclic) bond motifs is 1. The molecular formula is C20H23F4N5. The SMILES string of the molecule is CCc1nc2nc(C)cc(N[C@@H](c3ccc(C(F)(F)F)c(F)c3)C(C)(C)C)n2n1. The van der Waals surface area contributed by atoms with Gasteiger partial charge in [-0.1, -0.05) is 33.8 Å². The van der Waals surface area contributed by atoms with Crippen LogP contribution < -0.4 is 5.32 Å². The highest BCUT2D eigenvalue weighted by molar-refractivity contribution is 5.48. The molecule has 2 heterocycles. The maximum atomic E-state index is 14.2. The number of hydrogen-bond acceptors (Lipinski definition) is 4. The molecule has 9 heteroatoms. The number of alkyl halides is 3. The average molecular weight is 409 g/mol. The maximum absolute atomic E-state index is 14.2. The van der Waals surface area contributed by atoms with Gasteiger partial charge < -0.3 is 5.32 Å². The van der Waals surface area contributed by atoms with Crippen LogP contribution in [0, 0.1) is 18.2 Å². The normalized spacial score (nSPS) is 13.7. The number of aromatic nitrogens is 4. The number of rotatable bonds is 4. The lowest BCUT2D eigenvalue weighted by molar-refractivity contribution is -0.140. The van der Waals surface area contributed by atoms with E-state index in [1.54, 1.807) is 10.6 Å². The number of anilines is 1. The van der Waals surface area contributed by atoms with E-state index in [1.807, 2.05) is 34.6 Å². The number of benzene rings is 1. The monoisotopic (exact) mass is 409 g/mol. The van der Waals surface area contributed by atoms with Crippen LogP contribution in [0.2, 0.25) is 0 Å². The van der Waals surface area contributed by atoms with Gasteiger partial charge in [0.15, 0.2) is 5.82 Å². The fourth-order valence-electron chi connectivity index (χ4n) is 3.17. The van der Waals surface area contributed by atoms with Gasteiger partial charge in [-0.15, -0.1) is 5.10 Å². The summed E-state index contributed by atoms with van der Waals surface area (Å²) in [5.74, 6) is 0.339. The smallest absolute Gasteiger partial charge is 0.363 e. The lowest BCUT2D eigenvalue weighted by Crippen LogP contribution is -2.27. The highest BCUT2D eigenvalue weighted by atomic mass is 19.4. The number of nitrogens with zero attached hydrogens (tertiary/aromatic N) is 4. The van der Waals surface area contributed by atoms with Gasteiger partial charge in [-0.3, -0.25) is 0 Å². The van der Waals surface area contributed by atoms with E-state index >= 15 is 0 Å². The van der Waals surface area contributed by atoms with E-state index in [4.69, 9.17) is 0 Å². The molecule has 0 saturated heterocycles. The Morgan fingerprint density at radius 3 is 2.34 bits per heavy atom. The van der Waals surface area contributed by atoms with Crippen molar-refractivity contribution in [3.8, 4) is 0 Å². The minimum atomic E-state index is -4.74. The molecule has 0 unspecified atom stereocenters. The first kappa shape index (κ1) is 21.0. The molecule has 1 N–H and O–H groups in total. The molecule has 0 spiro atoms. The van der Waals surface area contributed by atoms with Crippen molar-refractivity contribution in [2.75, 3.05) is 5.32 Å². The third-order valence-electron chi connectivity index (χ3n) is 4.59. The van der Waals surface area contributed by atoms with Gasteiger partial charge in [0.25, 0.3) is 5.78 Å². The van der Waals surface area contributed by atoms with E-state index in [-0.39, 0.29) is 0 Å². The summed E-state index contributed by atoms with van der Waals surface area (Å²) in [4.78, 5) is 8.73. The Balaban J connectivity index is 2.07. The first-order valence-corrected chi connectivity index (χ1v) is 9.26. The van der Waals surface area contributed by atoms with Crippen molar-refractivity contribution in [3.63, 3.8) is 0 Å². The van der Waals surface area contributed by atoms with Crippen LogP contribution in [0.3, 0.4) is 0 Å². The summed E-state index contributed by atoms with van der Waals surface area (Å²) < 4.78 is 54.6.